The third kappa shape index (κ3) is 4.13. The predicted octanol–water partition coefficient (Wildman–Crippen LogP) is 3.29. The van der Waals surface area contributed by atoms with E-state index in [2.05, 4.69) is 20.6 Å². The lowest BCUT2D eigenvalue weighted by Crippen LogP contribution is -2.23. The van der Waals surface area contributed by atoms with Gasteiger partial charge in [-0.1, -0.05) is 36.4 Å². The van der Waals surface area contributed by atoms with Crippen molar-refractivity contribution in [3.63, 3.8) is 0 Å². The Kier molecular flexibility index (Phi) is 4.76. The quantitative estimate of drug-likeness (QED) is 0.756. The van der Waals surface area contributed by atoms with E-state index in [0.717, 1.165) is 5.56 Å². The van der Waals surface area contributed by atoms with E-state index in [1.165, 1.54) is 24.5 Å². The van der Waals surface area contributed by atoms with Crippen LogP contribution in [0.4, 0.5) is 16.0 Å². The van der Waals surface area contributed by atoms with Crippen LogP contribution in [0.2, 0.25) is 0 Å². The Balaban J connectivity index is 1.60. The summed E-state index contributed by atoms with van der Waals surface area (Å²) in [6, 6.07) is 15.6. The van der Waals surface area contributed by atoms with Gasteiger partial charge < -0.3 is 10.6 Å². The van der Waals surface area contributed by atoms with Crippen LogP contribution < -0.4 is 10.6 Å². The molecule has 3 rings (SSSR count). The molecule has 0 unspecified atom stereocenters. The lowest BCUT2D eigenvalue weighted by molar-refractivity contribution is 0.0950. The van der Waals surface area contributed by atoms with Crippen molar-refractivity contribution in [3.05, 3.63) is 83.9 Å². The third-order valence-corrected chi connectivity index (χ3v) is 3.29. The molecule has 2 aromatic carbocycles. The van der Waals surface area contributed by atoms with Gasteiger partial charge in [0.1, 0.15) is 5.82 Å². The van der Waals surface area contributed by atoms with Crippen LogP contribution in [-0.2, 0) is 6.54 Å². The Morgan fingerprint density at radius 1 is 1.00 bits per heavy atom. The standard InChI is InChI=1S/C18H15FN4O/c19-15-7-4-8-16(9-15)23-18-21-11-14(12-22-18)17(24)20-10-13-5-2-1-3-6-13/h1-9,11-12H,10H2,(H,20,24)(H,21,22,23). The highest BCUT2D eigenvalue weighted by molar-refractivity contribution is 5.93. The summed E-state index contributed by atoms with van der Waals surface area (Å²) in [5.41, 5.74) is 1.91. The van der Waals surface area contributed by atoms with Gasteiger partial charge in [-0.2, -0.15) is 0 Å². The predicted molar refractivity (Wildman–Crippen MR) is 89.3 cm³/mol. The van der Waals surface area contributed by atoms with Crippen molar-refractivity contribution in [1.82, 2.24) is 15.3 Å². The molecule has 24 heavy (non-hydrogen) atoms. The Bertz CT molecular complexity index is 822. The van der Waals surface area contributed by atoms with Crippen molar-refractivity contribution in [2.45, 2.75) is 6.54 Å². The molecule has 3 aromatic rings. The number of carbonyl (C=O) groups excluding carboxylic acids is 1. The van der Waals surface area contributed by atoms with E-state index in [-0.39, 0.29) is 11.7 Å². The van der Waals surface area contributed by atoms with Gasteiger partial charge in [-0.15, -0.1) is 0 Å². The lowest BCUT2D eigenvalue weighted by atomic mass is 10.2. The van der Waals surface area contributed by atoms with Crippen LogP contribution in [-0.4, -0.2) is 15.9 Å². The minimum absolute atomic E-state index is 0.254. The van der Waals surface area contributed by atoms with Gasteiger partial charge in [-0.3, -0.25) is 4.79 Å². The molecular weight excluding hydrogens is 307 g/mol. The average molecular weight is 322 g/mol. The number of hydrogen-bond acceptors (Lipinski definition) is 4. The van der Waals surface area contributed by atoms with E-state index in [1.54, 1.807) is 12.1 Å². The van der Waals surface area contributed by atoms with Crippen molar-refractivity contribution in [2.24, 2.45) is 0 Å². The fourth-order valence-corrected chi connectivity index (χ4v) is 2.09. The molecule has 120 valence electrons. The molecule has 1 heterocycles. The zero-order valence-electron chi connectivity index (χ0n) is 12.7. The van der Waals surface area contributed by atoms with Crippen molar-refractivity contribution >= 4 is 17.5 Å². The molecule has 0 atom stereocenters. The Morgan fingerprint density at radius 3 is 2.46 bits per heavy atom. The summed E-state index contributed by atoms with van der Waals surface area (Å²) in [5.74, 6) is -0.312. The number of benzene rings is 2. The normalized spacial score (nSPS) is 10.2. The maximum atomic E-state index is 13.1. The first-order valence-corrected chi connectivity index (χ1v) is 7.37. The molecule has 0 spiro atoms. The summed E-state index contributed by atoms with van der Waals surface area (Å²) < 4.78 is 13.1. The molecule has 6 heteroatoms. The van der Waals surface area contributed by atoms with Crippen LogP contribution in [0.5, 0.6) is 0 Å². The minimum atomic E-state index is -0.350. The summed E-state index contributed by atoms with van der Waals surface area (Å²) in [6.07, 6.45) is 2.85. The Labute approximate surface area is 138 Å². The Morgan fingerprint density at radius 2 is 1.75 bits per heavy atom. The Hall–Kier alpha value is -3.28. The van der Waals surface area contributed by atoms with Gasteiger partial charge in [-0.25, -0.2) is 14.4 Å². The number of amides is 1. The first-order chi connectivity index (χ1) is 11.7. The van der Waals surface area contributed by atoms with Gasteiger partial charge in [0.25, 0.3) is 5.91 Å². The molecule has 0 aliphatic carbocycles. The number of carbonyl (C=O) groups is 1. The largest absolute Gasteiger partial charge is 0.348 e. The topological polar surface area (TPSA) is 66.9 Å². The number of nitrogens with zero attached hydrogens (tertiary/aromatic N) is 2. The van der Waals surface area contributed by atoms with Crippen LogP contribution in [0.25, 0.3) is 0 Å². The monoisotopic (exact) mass is 322 g/mol. The summed E-state index contributed by atoms with van der Waals surface area (Å²) in [6.45, 7) is 0.433. The highest BCUT2D eigenvalue weighted by Gasteiger charge is 2.07. The number of nitrogens with one attached hydrogen (secondary N) is 2. The van der Waals surface area contributed by atoms with Gasteiger partial charge in [0, 0.05) is 24.6 Å². The number of halogens is 1. The van der Waals surface area contributed by atoms with Crippen LogP contribution in [0.1, 0.15) is 15.9 Å². The molecule has 0 saturated carbocycles. The molecule has 0 radical (unpaired) electrons. The van der Waals surface area contributed by atoms with Gasteiger partial charge in [0.15, 0.2) is 0 Å². The summed E-state index contributed by atoms with van der Waals surface area (Å²) >= 11 is 0. The summed E-state index contributed by atoms with van der Waals surface area (Å²) in [4.78, 5) is 20.2. The van der Waals surface area contributed by atoms with Crippen LogP contribution in [0.15, 0.2) is 67.0 Å². The number of hydrogen-bond donors (Lipinski definition) is 2. The van der Waals surface area contributed by atoms with Gasteiger partial charge in [0.05, 0.1) is 5.56 Å². The number of rotatable bonds is 5. The second kappa shape index (κ2) is 7.32. The van der Waals surface area contributed by atoms with E-state index < -0.39 is 0 Å². The SMILES string of the molecule is O=C(NCc1ccccc1)c1cnc(Nc2cccc(F)c2)nc1. The first-order valence-electron chi connectivity index (χ1n) is 7.37. The first kappa shape index (κ1) is 15.6. The maximum absolute atomic E-state index is 13.1. The van der Waals surface area contributed by atoms with Gasteiger partial charge >= 0.3 is 0 Å². The number of anilines is 2. The van der Waals surface area contributed by atoms with Gasteiger partial charge in [0.2, 0.25) is 5.95 Å². The maximum Gasteiger partial charge on any atom is 0.254 e. The molecule has 0 fully saturated rings. The van der Waals surface area contributed by atoms with Crippen molar-refractivity contribution in [2.75, 3.05) is 5.32 Å². The van der Waals surface area contributed by atoms with Crippen molar-refractivity contribution < 1.29 is 9.18 Å². The smallest absolute Gasteiger partial charge is 0.254 e. The molecule has 1 amide bonds. The summed E-state index contributed by atoms with van der Waals surface area (Å²) in [5, 5.41) is 5.68. The van der Waals surface area contributed by atoms with E-state index in [1.807, 2.05) is 30.3 Å². The molecule has 0 aliphatic heterocycles. The van der Waals surface area contributed by atoms with Crippen LogP contribution >= 0.6 is 0 Å². The number of aromatic nitrogens is 2. The lowest BCUT2D eigenvalue weighted by Gasteiger charge is -2.07. The average Bonchev–Trinajstić information content (AvgIpc) is 2.61. The second-order valence-corrected chi connectivity index (χ2v) is 5.10. The van der Waals surface area contributed by atoms with Gasteiger partial charge in [-0.05, 0) is 23.8 Å². The van der Waals surface area contributed by atoms with E-state index in [4.69, 9.17) is 0 Å². The second-order valence-electron chi connectivity index (χ2n) is 5.10. The fraction of sp³-hybridized carbons (Fsp3) is 0.0556. The van der Waals surface area contributed by atoms with E-state index >= 15 is 0 Å². The van der Waals surface area contributed by atoms with Crippen LogP contribution in [0, 0.1) is 5.82 Å². The molecule has 0 aliphatic rings. The third-order valence-electron chi connectivity index (χ3n) is 3.29. The molecule has 0 bridgehead atoms. The summed E-state index contributed by atoms with van der Waals surface area (Å²) in [7, 11) is 0. The van der Waals surface area contributed by atoms with Crippen molar-refractivity contribution in [3.8, 4) is 0 Å². The molecule has 5 nitrogen and oxygen atoms in total. The zero-order chi connectivity index (χ0) is 16.8. The molecule has 0 saturated heterocycles. The minimum Gasteiger partial charge on any atom is -0.348 e. The molecule has 2 N–H and O–H groups in total. The van der Waals surface area contributed by atoms with E-state index in [9.17, 15) is 9.18 Å². The molecule has 1 aromatic heterocycles. The van der Waals surface area contributed by atoms with Crippen molar-refractivity contribution in [1.29, 1.82) is 0 Å². The zero-order valence-corrected chi connectivity index (χ0v) is 12.7. The highest BCUT2D eigenvalue weighted by Crippen LogP contribution is 2.13. The van der Waals surface area contributed by atoms with Crippen LogP contribution in [0.3, 0.4) is 0 Å². The van der Waals surface area contributed by atoms with E-state index in [0.29, 0.717) is 23.7 Å². The highest BCUT2D eigenvalue weighted by atomic mass is 19.1. The molecular formula is C18H15FN4O. The fourth-order valence-electron chi connectivity index (χ4n) is 2.09.